The van der Waals surface area contributed by atoms with Gasteiger partial charge in [-0.25, -0.2) is 9.18 Å². The Morgan fingerprint density at radius 1 is 1.40 bits per heavy atom. The predicted octanol–water partition coefficient (Wildman–Crippen LogP) is 3.95. The van der Waals surface area contributed by atoms with Crippen molar-refractivity contribution in [2.45, 2.75) is 12.5 Å². The number of hydrogen-bond donors (Lipinski definition) is 1. The Labute approximate surface area is 159 Å². The second-order valence-corrected chi connectivity index (χ2v) is 7.77. The van der Waals surface area contributed by atoms with Crippen LogP contribution in [0.3, 0.4) is 0 Å². The molecule has 0 bridgehead atoms. The molecule has 1 fully saturated rings. The third kappa shape index (κ3) is 3.09. The van der Waals surface area contributed by atoms with E-state index in [9.17, 15) is 18.8 Å². The van der Waals surface area contributed by atoms with Gasteiger partial charge in [-0.1, -0.05) is 17.7 Å². The van der Waals surface area contributed by atoms with Crippen LogP contribution < -0.4 is 5.32 Å². The summed E-state index contributed by atoms with van der Waals surface area (Å²) in [5.41, 5.74) is -1.20. The third-order valence-electron chi connectivity index (χ3n) is 3.92. The lowest BCUT2D eigenvalue weighted by Gasteiger charge is -2.23. The first kappa shape index (κ1) is 18.0. The number of nitrogens with zero attached hydrogens (tertiary/aromatic N) is 1. The van der Waals surface area contributed by atoms with Gasteiger partial charge in [-0.2, -0.15) is 0 Å². The van der Waals surface area contributed by atoms with Gasteiger partial charge >= 0.3 is 6.03 Å². The molecule has 1 aromatic carbocycles. The van der Waals surface area contributed by atoms with Crippen molar-refractivity contribution < 1.29 is 18.8 Å². The number of imide groups is 1. The summed E-state index contributed by atoms with van der Waals surface area (Å²) in [6.07, 6.45) is 0. The number of carbonyl (C=O) groups is 3. The molecule has 3 rings (SSSR count). The average Bonchev–Trinajstić information content (AvgIpc) is 3.05. The molecular formula is C16H11BrClFN2O3S. The first-order valence-electron chi connectivity index (χ1n) is 7.10. The molecule has 3 amide bonds. The Kier molecular flexibility index (Phi) is 4.70. The van der Waals surface area contributed by atoms with E-state index in [2.05, 4.69) is 21.2 Å². The summed E-state index contributed by atoms with van der Waals surface area (Å²) in [7, 11) is 0. The number of thiophene rings is 1. The Hall–Kier alpha value is -1.77. The number of carbonyl (C=O) groups excluding carboxylic acids is 3. The molecule has 5 nitrogen and oxygen atoms in total. The summed E-state index contributed by atoms with van der Waals surface area (Å²) in [4.78, 5) is 38.7. The van der Waals surface area contributed by atoms with Gasteiger partial charge in [0.25, 0.3) is 5.91 Å². The number of Topliss-reactive ketones (excluding diaryl/α,β-unsaturated/α-hetero) is 1. The van der Waals surface area contributed by atoms with Gasteiger partial charge in [-0.05, 0) is 46.4 Å². The molecule has 2 aromatic rings. The van der Waals surface area contributed by atoms with Crippen LogP contribution in [-0.2, 0) is 10.3 Å². The SMILES string of the molecule is CC1(c2ccc(F)cc2Cl)NC(=O)N(CC(=O)c2sccc2Br)C1=O. The molecule has 1 aliphatic heterocycles. The minimum atomic E-state index is -1.46. The topological polar surface area (TPSA) is 66.5 Å². The summed E-state index contributed by atoms with van der Waals surface area (Å²) in [6.45, 7) is 1.08. The number of hydrogen-bond acceptors (Lipinski definition) is 4. The maximum atomic E-state index is 13.3. The monoisotopic (exact) mass is 444 g/mol. The molecule has 0 aliphatic carbocycles. The fourth-order valence-electron chi connectivity index (χ4n) is 2.63. The molecule has 1 unspecified atom stereocenters. The van der Waals surface area contributed by atoms with E-state index < -0.39 is 29.8 Å². The van der Waals surface area contributed by atoms with Crippen molar-refractivity contribution in [1.82, 2.24) is 10.2 Å². The predicted molar refractivity (Wildman–Crippen MR) is 95.4 cm³/mol. The van der Waals surface area contributed by atoms with Crippen LogP contribution in [0.15, 0.2) is 34.1 Å². The Bertz CT molecular complexity index is 903. The molecule has 2 heterocycles. The highest BCUT2D eigenvalue weighted by Crippen LogP contribution is 2.34. The fraction of sp³-hybridized carbons (Fsp3) is 0.188. The highest BCUT2D eigenvalue weighted by Gasteiger charge is 2.50. The standard InChI is InChI=1S/C16H11BrClFN2O3S/c1-16(9-3-2-8(19)6-11(9)18)14(23)21(15(24)20-16)7-12(22)13-10(17)4-5-25-13/h2-6H,7H2,1H3,(H,20,24). The van der Waals surface area contributed by atoms with E-state index in [0.717, 1.165) is 17.0 Å². The van der Waals surface area contributed by atoms with Crippen LogP contribution in [-0.4, -0.2) is 29.2 Å². The van der Waals surface area contributed by atoms with Crippen LogP contribution in [0, 0.1) is 5.82 Å². The van der Waals surface area contributed by atoms with Crippen LogP contribution >= 0.6 is 38.9 Å². The number of halogens is 3. The lowest BCUT2D eigenvalue weighted by atomic mass is 9.92. The number of benzene rings is 1. The Morgan fingerprint density at radius 3 is 2.72 bits per heavy atom. The molecule has 25 heavy (non-hydrogen) atoms. The normalized spacial score (nSPS) is 20.1. The molecule has 1 saturated heterocycles. The van der Waals surface area contributed by atoms with Crippen molar-refractivity contribution in [1.29, 1.82) is 0 Å². The van der Waals surface area contributed by atoms with Gasteiger partial charge in [0.1, 0.15) is 11.4 Å². The van der Waals surface area contributed by atoms with Crippen LogP contribution in [0.1, 0.15) is 22.2 Å². The van der Waals surface area contributed by atoms with Crippen molar-refractivity contribution in [3.05, 3.63) is 55.4 Å². The van der Waals surface area contributed by atoms with Crippen LogP contribution in [0.5, 0.6) is 0 Å². The zero-order valence-corrected chi connectivity index (χ0v) is 16.0. The molecule has 1 atom stereocenters. The van der Waals surface area contributed by atoms with E-state index >= 15 is 0 Å². The number of ketones is 1. The van der Waals surface area contributed by atoms with Crippen molar-refractivity contribution in [3.63, 3.8) is 0 Å². The van der Waals surface area contributed by atoms with Crippen molar-refractivity contribution >= 4 is 56.6 Å². The molecule has 1 aliphatic rings. The van der Waals surface area contributed by atoms with Gasteiger partial charge in [0.05, 0.1) is 11.4 Å². The van der Waals surface area contributed by atoms with Crippen molar-refractivity contribution in [2.24, 2.45) is 0 Å². The zero-order valence-electron chi connectivity index (χ0n) is 12.8. The van der Waals surface area contributed by atoms with Gasteiger partial charge in [0, 0.05) is 15.1 Å². The first-order chi connectivity index (χ1) is 11.7. The van der Waals surface area contributed by atoms with E-state index in [1.807, 2.05) is 0 Å². The summed E-state index contributed by atoms with van der Waals surface area (Å²) in [5, 5.41) is 4.29. The first-order valence-corrected chi connectivity index (χ1v) is 9.15. The second kappa shape index (κ2) is 6.51. The van der Waals surface area contributed by atoms with E-state index in [1.165, 1.54) is 24.3 Å². The van der Waals surface area contributed by atoms with E-state index in [0.29, 0.717) is 9.35 Å². The van der Waals surface area contributed by atoms with Gasteiger partial charge in [0.2, 0.25) is 0 Å². The number of rotatable bonds is 4. The smallest absolute Gasteiger partial charge is 0.319 e. The molecule has 0 spiro atoms. The zero-order chi connectivity index (χ0) is 18.4. The maximum absolute atomic E-state index is 13.3. The maximum Gasteiger partial charge on any atom is 0.325 e. The highest BCUT2D eigenvalue weighted by atomic mass is 79.9. The van der Waals surface area contributed by atoms with Gasteiger partial charge in [0.15, 0.2) is 5.78 Å². The number of urea groups is 1. The van der Waals surface area contributed by atoms with Gasteiger partial charge in [-0.15, -0.1) is 11.3 Å². The summed E-state index contributed by atoms with van der Waals surface area (Å²) < 4.78 is 13.9. The minimum absolute atomic E-state index is 0.0188. The third-order valence-corrected chi connectivity index (χ3v) is 6.11. The highest BCUT2D eigenvalue weighted by molar-refractivity contribution is 9.10. The lowest BCUT2D eigenvalue weighted by Crippen LogP contribution is -2.41. The molecule has 1 aromatic heterocycles. The van der Waals surface area contributed by atoms with Crippen LogP contribution in [0.25, 0.3) is 0 Å². The summed E-state index contributed by atoms with van der Waals surface area (Å²) in [6, 6.07) is 4.58. The van der Waals surface area contributed by atoms with Crippen molar-refractivity contribution in [2.75, 3.05) is 6.54 Å². The van der Waals surface area contributed by atoms with E-state index in [1.54, 1.807) is 11.4 Å². The van der Waals surface area contributed by atoms with Crippen LogP contribution in [0.2, 0.25) is 5.02 Å². The van der Waals surface area contributed by atoms with Crippen molar-refractivity contribution in [3.8, 4) is 0 Å². The Morgan fingerprint density at radius 2 is 2.12 bits per heavy atom. The molecule has 9 heteroatoms. The molecule has 1 N–H and O–H groups in total. The molecule has 130 valence electrons. The molecule has 0 saturated carbocycles. The van der Waals surface area contributed by atoms with Crippen LogP contribution in [0.4, 0.5) is 9.18 Å². The van der Waals surface area contributed by atoms with E-state index in [4.69, 9.17) is 11.6 Å². The number of amides is 3. The van der Waals surface area contributed by atoms with Gasteiger partial charge in [-0.3, -0.25) is 14.5 Å². The summed E-state index contributed by atoms with van der Waals surface area (Å²) >= 11 is 10.5. The van der Waals surface area contributed by atoms with Gasteiger partial charge < -0.3 is 5.32 Å². The fourth-order valence-corrected chi connectivity index (χ4v) is 4.51. The molecule has 0 radical (unpaired) electrons. The Balaban J connectivity index is 1.89. The van der Waals surface area contributed by atoms with E-state index in [-0.39, 0.29) is 16.4 Å². The molecular weight excluding hydrogens is 435 g/mol. The lowest BCUT2D eigenvalue weighted by molar-refractivity contribution is -0.130. The average molecular weight is 446 g/mol. The quantitative estimate of drug-likeness (QED) is 0.572. The second-order valence-electron chi connectivity index (χ2n) is 5.59. The minimum Gasteiger partial charge on any atom is -0.319 e. The number of nitrogens with one attached hydrogen (secondary N) is 1. The summed E-state index contributed by atoms with van der Waals surface area (Å²) in [5.74, 6) is -1.53. The largest absolute Gasteiger partial charge is 0.325 e.